The van der Waals surface area contributed by atoms with Gasteiger partial charge in [0, 0.05) is 17.5 Å². The van der Waals surface area contributed by atoms with Gasteiger partial charge in [0.25, 0.3) is 11.8 Å². The largest absolute Gasteiger partial charge is 0.475 e. The van der Waals surface area contributed by atoms with E-state index in [0.29, 0.717) is 12.1 Å². The third kappa shape index (κ3) is 5.13. The highest BCUT2D eigenvalue weighted by Gasteiger charge is 2.35. The highest BCUT2D eigenvalue weighted by Crippen LogP contribution is 2.23. The number of fused-ring (bicyclic) bond motifs is 1. The van der Waals surface area contributed by atoms with Crippen LogP contribution in [0.4, 0.5) is 5.69 Å². The average molecular weight is 397 g/mol. The van der Waals surface area contributed by atoms with Crippen LogP contribution in [0.25, 0.3) is 10.8 Å². The molecule has 2 aromatic carbocycles. The van der Waals surface area contributed by atoms with E-state index in [2.05, 4.69) is 15.8 Å². The van der Waals surface area contributed by atoms with Gasteiger partial charge in [-0.2, -0.15) is 0 Å². The molecule has 0 saturated carbocycles. The molecule has 0 fully saturated rings. The van der Waals surface area contributed by atoms with E-state index in [1.807, 2.05) is 50.2 Å². The van der Waals surface area contributed by atoms with Gasteiger partial charge in [0.05, 0.1) is 5.94 Å². The summed E-state index contributed by atoms with van der Waals surface area (Å²) >= 11 is 0. The van der Waals surface area contributed by atoms with Crippen molar-refractivity contribution in [1.29, 1.82) is 0 Å². The normalized spacial score (nSPS) is 16.9. The van der Waals surface area contributed by atoms with E-state index in [1.54, 1.807) is 6.07 Å². The summed E-state index contributed by atoms with van der Waals surface area (Å²) in [5, 5.41) is 29.9. The predicted octanol–water partition coefficient (Wildman–Crippen LogP) is 1.47. The molecule has 3 rings (SSSR count). The van der Waals surface area contributed by atoms with E-state index in [9.17, 15) is 19.6 Å². The van der Waals surface area contributed by atoms with Crippen molar-refractivity contribution in [1.82, 2.24) is 5.32 Å². The van der Waals surface area contributed by atoms with Crippen LogP contribution in [-0.4, -0.2) is 46.7 Å². The van der Waals surface area contributed by atoms with E-state index < -0.39 is 31.0 Å². The lowest BCUT2D eigenvalue weighted by Gasteiger charge is -2.20. The van der Waals surface area contributed by atoms with Crippen LogP contribution in [0.5, 0.6) is 0 Å². The minimum absolute atomic E-state index is 0.00163. The quantitative estimate of drug-likeness (QED) is 0.528. The van der Waals surface area contributed by atoms with Gasteiger partial charge in [-0.1, -0.05) is 55.4 Å². The van der Waals surface area contributed by atoms with E-state index in [4.69, 9.17) is 4.84 Å². The standard InChI is InChI=1S/C20H24BN3O5/c1-12(2)10-18(21(27)28)23-20(26)17-11-16(24-29-17)19(25)22-15-9-5-7-13-6-3-4-8-14(13)15/h3-9,12,17-18,27-28H,10-11H2,1-2H3,(H,22,25)(H,23,26). The molecule has 1 aliphatic heterocycles. The average Bonchev–Trinajstić information content (AvgIpc) is 3.18. The molecule has 1 heterocycles. The van der Waals surface area contributed by atoms with Crippen LogP contribution >= 0.6 is 0 Å². The molecule has 4 N–H and O–H groups in total. The SMILES string of the molecule is CC(C)CC(NC(=O)C1CC(C(=O)Nc2cccc3ccccc23)=NO1)B(O)O. The minimum Gasteiger partial charge on any atom is -0.426 e. The van der Waals surface area contributed by atoms with Gasteiger partial charge in [-0.25, -0.2) is 0 Å². The lowest BCUT2D eigenvalue weighted by molar-refractivity contribution is -0.131. The van der Waals surface area contributed by atoms with E-state index >= 15 is 0 Å². The fourth-order valence-corrected chi connectivity index (χ4v) is 3.22. The van der Waals surface area contributed by atoms with Gasteiger partial charge in [0.2, 0.25) is 6.10 Å². The molecule has 2 unspecified atom stereocenters. The summed E-state index contributed by atoms with van der Waals surface area (Å²) in [6.07, 6.45) is -0.597. The van der Waals surface area contributed by atoms with Gasteiger partial charge in [0.15, 0.2) is 0 Å². The van der Waals surface area contributed by atoms with Crippen molar-refractivity contribution in [2.24, 2.45) is 11.1 Å². The number of nitrogens with one attached hydrogen (secondary N) is 2. The van der Waals surface area contributed by atoms with Crippen molar-refractivity contribution < 1.29 is 24.5 Å². The highest BCUT2D eigenvalue weighted by molar-refractivity contribution is 6.44. The molecule has 2 aromatic rings. The van der Waals surface area contributed by atoms with Crippen molar-refractivity contribution in [3.63, 3.8) is 0 Å². The number of anilines is 1. The fraction of sp³-hybridized carbons (Fsp3) is 0.350. The molecule has 0 spiro atoms. The second kappa shape index (κ2) is 9.06. The molecule has 29 heavy (non-hydrogen) atoms. The Morgan fingerprint density at radius 3 is 2.66 bits per heavy atom. The smallest absolute Gasteiger partial charge is 0.426 e. The Kier molecular flexibility index (Phi) is 6.51. The molecule has 9 heteroatoms. The summed E-state index contributed by atoms with van der Waals surface area (Å²) in [5.41, 5.74) is 0.743. The number of hydrogen-bond acceptors (Lipinski definition) is 6. The minimum atomic E-state index is -1.68. The Hall–Kier alpha value is -2.91. The monoisotopic (exact) mass is 397 g/mol. The third-order valence-corrected chi connectivity index (χ3v) is 4.67. The van der Waals surface area contributed by atoms with Gasteiger partial charge in [-0.05, 0) is 23.8 Å². The molecule has 2 amide bonds. The van der Waals surface area contributed by atoms with Crippen molar-refractivity contribution in [2.75, 3.05) is 5.32 Å². The van der Waals surface area contributed by atoms with Gasteiger partial charge in [0.1, 0.15) is 5.71 Å². The van der Waals surface area contributed by atoms with Gasteiger partial charge >= 0.3 is 7.12 Å². The summed E-state index contributed by atoms with van der Waals surface area (Å²) < 4.78 is 0. The summed E-state index contributed by atoms with van der Waals surface area (Å²) in [5.74, 6) is -1.65. The highest BCUT2D eigenvalue weighted by atomic mass is 16.6. The van der Waals surface area contributed by atoms with Crippen molar-refractivity contribution in [3.8, 4) is 0 Å². The van der Waals surface area contributed by atoms with E-state index in [-0.39, 0.29) is 18.1 Å². The maximum atomic E-state index is 12.6. The Morgan fingerprint density at radius 1 is 1.21 bits per heavy atom. The first-order valence-electron chi connectivity index (χ1n) is 9.53. The molecule has 0 saturated heterocycles. The first-order valence-corrected chi connectivity index (χ1v) is 9.53. The van der Waals surface area contributed by atoms with Crippen LogP contribution in [-0.2, 0) is 14.4 Å². The zero-order chi connectivity index (χ0) is 21.0. The molecule has 0 aliphatic carbocycles. The number of carbonyl (C=O) groups excluding carboxylic acids is 2. The lowest BCUT2D eigenvalue weighted by Crippen LogP contribution is -2.50. The second-order valence-corrected chi connectivity index (χ2v) is 7.48. The molecule has 0 aromatic heterocycles. The first kappa shape index (κ1) is 20.8. The zero-order valence-electron chi connectivity index (χ0n) is 16.3. The number of amides is 2. The third-order valence-electron chi connectivity index (χ3n) is 4.67. The molecule has 0 bridgehead atoms. The maximum Gasteiger partial charge on any atom is 0.475 e. The summed E-state index contributed by atoms with van der Waals surface area (Å²) in [6, 6.07) is 13.2. The van der Waals surface area contributed by atoms with Crippen LogP contribution in [0.1, 0.15) is 26.7 Å². The zero-order valence-corrected chi connectivity index (χ0v) is 16.3. The molecule has 1 aliphatic rings. The first-order chi connectivity index (χ1) is 13.8. The van der Waals surface area contributed by atoms with Crippen LogP contribution in [0.15, 0.2) is 47.6 Å². The number of carbonyl (C=O) groups is 2. The Bertz CT molecular complexity index is 926. The summed E-state index contributed by atoms with van der Waals surface area (Å²) in [6.45, 7) is 3.82. The number of nitrogens with zero attached hydrogens (tertiary/aromatic N) is 1. The molecular formula is C20H24BN3O5. The van der Waals surface area contributed by atoms with Gasteiger partial charge in [-0.3, -0.25) is 9.59 Å². The van der Waals surface area contributed by atoms with Crippen LogP contribution < -0.4 is 10.6 Å². The number of rotatable bonds is 7. The number of hydrogen-bond donors (Lipinski definition) is 4. The van der Waals surface area contributed by atoms with Crippen LogP contribution in [0, 0.1) is 5.92 Å². The van der Waals surface area contributed by atoms with Gasteiger partial charge < -0.3 is 25.5 Å². The molecule has 2 atom stereocenters. The lowest BCUT2D eigenvalue weighted by atomic mass is 9.75. The van der Waals surface area contributed by atoms with Crippen LogP contribution in [0.3, 0.4) is 0 Å². The summed E-state index contributed by atoms with van der Waals surface area (Å²) in [7, 11) is -1.68. The number of benzene rings is 2. The molecule has 152 valence electrons. The fourth-order valence-electron chi connectivity index (χ4n) is 3.22. The summed E-state index contributed by atoms with van der Waals surface area (Å²) in [4.78, 5) is 30.1. The molecule has 0 radical (unpaired) electrons. The van der Waals surface area contributed by atoms with Gasteiger partial charge in [-0.15, -0.1) is 0 Å². The Labute approximate surface area is 169 Å². The van der Waals surface area contributed by atoms with Crippen LogP contribution in [0.2, 0.25) is 0 Å². The maximum absolute atomic E-state index is 12.6. The van der Waals surface area contributed by atoms with E-state index in [1.165, 1.54) is 0 Å². The van der Waals surface area contributed by atoms with E-state index in [0.717, 1.165) is 10.8 Å². The van der Waals surface area contributed by atoms with Crippen molar-refractivity contribution >= 4 is 41.1 Å². The molecular weight excluding hydrogens is 373 g/mol. The second-order valence-electron chi connectivity index (χ2n) is 7.48. The molecule has 8 nitrogen and oxygen atoms in total. The Balaban J connectivity index is 1.61. The number of oxime groups is 1. The topological polar surface area (TPSA) is 120 Å². The van der Waals surface area contributed by atoms with Crippen molar-refractivity contribution in [3.05, 3.63) is 42.5 Å². The Morgan fingerprint density at radius 2 is 1.93 bits per heavy atom. The predicted molar refractivity (Wildman–Crippen MR) is 111 cm³/mol. The van der Waals surface area contributed by atoms with Crippen molar-refractivity contribution in [2.45, 2.75) is 38.7 Å².